The first kappa shape index (κ1) is 22.0. The lowest BCUT2D eigenvalue weighted by molar-refractivity contribution is -0.127. The Bertz CT molecular complexity index is 1360. The smallest absolute Gasteiger partial charge is 0.294 e. The number of carbonyl (C=O) groups excluding carboxylic acids is 3. The Morgan fingerprint density at radius 3 is 2.70 bits per heavy atom. The van der Waals surface area contributed by atoms with E-state index in [-0.39, 0.29) is 16.4 Å². The molecule has 1 aliphatic heterocycles. The number of imide groups is 1. The molecule has 7 nitrogen and oxygen atoms in total. The average molecular weight is 465 g/mol. The maximum Gasteiger partial charge on any atom is 0.294 e. The number of carbonyl (C=O) groups is 3. The van der Waals surface area contributed by atoms with Crippen LogP contribution in [0.4, 0.5) is 19.3 Å². The third-order valence-electron chi connectivity index (χ3n) is 4.59. The molecular formula is C23H13F2N3O4S. The molecular weight excluding hydrogens is 452 g/mol. The fraction of sp³-hybridized carbons (Fsp3) is 0.0435. The van der Waals surface area contributed by atoms with E-state index in [2.05, 4.69) is 11.4 Å². The molecule has 2 aromatic carbocycles. The number of rotatable bonds is 5. The summed E-state index contributed by atoms with van der Waals surface area (Å²) < 4.78 is 32.4. The van der Waals surface area contributed by atoms with E-state index in [1.165, 1.54) is 6.08 Å². The van der Waals surface area contributed by atoms with Gasteiger partial charge in [0.25, 0.3) is 11.1 Å². The Morgan fingerprint density at radius 1 is 1.15 bits per heavy atom. The fourth-order valence-electron chi connectivity index (χ4n) is 3.06. The second-order valence-electron chi connectivity index (χ2n) is 6.80. The Morgan fingerprint density at radius 2 is 1.94 bits per heavy atom. The molecule has 0 unspecified atom stereocenters. The Balaban J connectivity index is 1.47. The number of nitrogens with one attached hydrogen (secondary N) is 1. The predicted octanol–water partition coefficient (Wildman–Crippen LogP) is 4.77. The van der Waals surface area contributed by atoms with Crippen molar-refractivity contribution in [3.8, 4) is 17.4 Å². The van der Waals surface area contributed by atoms with Crippen LogP contribution >= 0.6 is 11.8 Å². The monoisotopic (exact) mass is 465 g/mol. The first-order chi connectivity index (χ1) is 15.9. The van der Waals surface area contributed by atoms with Gasteiger partial charge in [0, 0.05) is 17.7 Å². The largest absolute Gasteiger partial charge is 0.457 e. The van der Waals surface area contributed by atoms with Crippen LogP contribution < -0.4 is 5.32 Å². The van der Waals surface area contributed by atoms with E-state index in [1.54, 1.807) is 36.4 Å². The van der Waals surface area contributed by atoms with Gasteiger partial charge in [0.15, 0.2) is 0 Å². The quantitative estimate of drug-likeness (QED) is 0.545. The highest BCUT2D eigenvalue weighted by molar-refractivity contribution is 8.18. The van der Waals surface area contributed by atoms with Crippen molar-refractivity contribution in [2.45, 2.75) is 0 Å². The second-order valence-corrected chi connectivity index (χ2v) is 7.79. The average Bonchev–Trinajstić information content (AvgIpc) is 3.36. The van der Waals surface area contributed by atoms with Crippen molar-refractivity contribution in [2.75, 3.05) is 11.9 Å². The third-order valence-corrected chi connectivity index (χ3v) is 5.50. The molecule has 0 spiro atoms. The van der Waals surface area contributed by atoms with Crippen LogP contribution in [-0.2, 0) is 9.59 Å². The van der Waals surface area contributed by atoms with Gasteiger partial charge in [-0.2, -0.15) is 5.26 Å². The van der Waals surface area contributed by atoms with Crippen molar-refractivity contribution in [1.82, 2.24) is 4.90 Å². The van der Waals surface area contributed by atoms with E-state index in [0.29, 0.717) is 39.6 Å². The van der Waals surface area contributed by atoms with Crippen LogP contribution in [-0.4, -0.2) is 28.5 Å². The molecule has 0 aliphatic carbocycles. The molecule has 3 amide bonds. The van der Waals surface area contributed by atoms with Crippen LogP contribution in [0, 0.1) is 23.0 Å². The Kier molecular flexibility index (Phi) is 6.06. The minimum Gasteiger partial charge on any atom is -0.457 e. The predicted molar refractivity (Wildman–Crippen MR) is 117 cm³/mol. The molecule has 1 saturated heterocycles. The molecule has 1 N–H and O–H groups in total. The first-order valence-electron chi connectivity index (χ1n) is 9.45. The van der Waals surface area contributed by atoms with Crippen LogP contribution in [0.15, 0.2) is 63.9 Å². The summed E-state index contributed by atoms with van der Waals surface area (Å²) in [5, 5.41) is 10.8. The summed E-state index contributed by atoms with van der Waals surface area (Å²) in [5.41, 5.74) is 0.726. The SMILES string of the molecule is N#Cc1ccccc1-c1ccc(C=C2SC(=O)N(CC(=O)Nc3ccc(F)cc3F)C2=O)o1. The van der Waals surface area contributed by atoms with Crippen LogP contribution in [0.5, 0.6) is 0 Å². The third kappa shape index (κ3) is 4.68. The fourth-order valence-corrected chi connectivity index (χ4v) is 3.88. The van der Waals surface area contributed by atoms with Gasteiger partial charge in [-0.25, -0.2) is 8.78 Å². The highest BCUT2D eigenvalue weighted by atomic mass is 32.2. The van der Waals surface area contributed by atoms with Crippen LogP contribution in [0.2, 0.25) is 0 Å². The number of thioether (sulfide) groups is 1. The summed E-state index contributed by atoms with van der Waals surface area (Å²) in [7, 11) is 0. The topological polar surface area (TPSA) is 103 Å². The molecule has 0 saturated carbocycles. The van der Waals surface area contributed by atoms with Gasteiger partial charge in [0.1, 0.15) is 29.7 Å². The van der Waals surface area contributed by atoms with E-state index in [9.17, 15) is 28.4 Å². The van der Waals surface area contributed by atoms with Crippen molar-refractivity contribution in [3.63, 3.8) is 0 Å². The van der Waals surface area contributed by atoms with Crippen molar-refractivity contribution >= 4 is 40.6 Å². The number of benzene rings is 2. The minimum absolute atomic E-state index is 0.0373. The standard InChI is InChI=1S/C23H13F2N3O4S/c24-14-5-7-18(17(25)9-14)27-21(29)12-28-22(30)20(33-23(28)31)10-15-6-8-19(32-15)16-4-2-1-3-13(16)11-26/h1-10H,12H2,(H,27,29). The van der Waals surface area contributed by atoms with E-state index in [1.807, 2.05) is 0 Å². The lowest BCUT2D eigenvalue weighted by atomic mass is 10.1. The molecule has 0 bridgehead atoms. The summed E-state index contributed by atoms with van der Waals surface area (Å²) in [4.78, 5) is 37.8. The van der Waals surface area contributed by atoms with Gasteiger partial charge in [-0.15, -0.1) is 0 Å². The van der Waals surface area contributed by atoms with Crippen molar-refractivity contribution < 1.29 is 27.6 Å². The number of halogens is 2. The van der Waals surface area contributed by atoms with Crippen LogP contribution in [0.1, 0.15) is 11.3 Å². The number of amides is 3. The molecule has 164 valence electrons. The van der Waals surface area contributed by atoms with E-state index >= 15 is 0 Å². The first-order valence-corrected chi connectivity index (χ1v) is 10.3. The molecule has 4 rings (SSSR count). The molecule has 1 fully saturated rings. The summed E-state index contributed by atoms with van der Waals surface area (Å²) >= 11 is 0.625. The van der Waals surface area contributed by atoms with Crippen LogP contribution in [0.3, 0.4) is 0 Å². The van der Waals surface area contributed by atoms with Gasteiger partial charge in [0.05, 0.1) is 22.2 Å². The van der Waals surface area contributed by atoms with Gasteiger partial charge in [-0.3, -0.25) is 19.3 Å². The van der Waals surface area contributed by atoms with Gasteiger partial charge in [0.2, 0.25) is 5.91 Å². The molecule has 10 heteroatoms. The van der Waals surface area contributed by atoms with Gasteiger partial charge >= 0.3 is 0 Å². The number of nitrogens with zero attached hydrogens (tertiary/aromatic N) is 2. The highest BCUT2D eigenvalue weighted by Gasteiger charge is 2.36. The molecule has 2 heterocycles. The van der Waals surface area contributed by atoms with Gasteiger partial charge in [-0.05, 0) is 48.2 Å². The maximum atomic E-state index is 13.7. The molecule has 0 atom stereocenters. The highest BCUT2D eigenvalue weighted by Crippen LogP contribution is 2.33. The number of hydrogen-bond acceptors (Lipinski definition) is 6. The summed E-state index contributed by atoms with van der Waals surface area (Å²) in [6.07, 6.45) is 1.36. The molecule has 1 aliphatic rings. The molecule has 0 radical (unpaired) electrons. The zero-order chi connectivity index (χ0) is 23.5. The summed E-state index contributed by atoms with van der Waals surface area (Å²) in [6.45, 7) is -0.641. The normalized spacial score (nSPS) is 14.6. The number of anilines is 1. The van der Waals surface area contributed by atoms with Gasteiger partial charge < -0.3 is 9.73 Å². The number of hydrogen-bond donors (Lipinski definition) is 1. The number of nitriles is 1. The molecule has 3 aromatic rings. The lowest BCUT2D eigenvalue weighted by Gasteiger charge is -2.12. The maximum absolute atomic E-state index is 13.7. The van der Waals surface area contributed by atoms with Crippen LogP contribution in [0.25, 0.3) is 17.4 Å². The van der Waals surface area contributed by atoms with Crippen molar-refractivity contribution in [3.05, 3.63) is 82.5 Å². The second kappa shape index (κ2) is 9.10. The minimum atomic E-state index is -0.982. The summed E-state index contributed by atoms with van der Waals surface area (Å²) in [6, 6.07) is 14.7. The Hall–Kier alpha value is -4.23. The summed E-state index contributed by atoms with van der Waals surface area (Å²) in [5.74, 6) is -2.63. The van der Waals surface area contributed by atoms with Gasteiger partial charge in [-0.1, -0.05) is 12.1 Å². The van der Waals surface area contributed by atoms with Crippen molar-refractivity contribution in [1.29, 1.82) is 5.26 Å². The van der Waals surface area contributed by atoms with E-state index in [0.717, 1.165) is 12.1 Å². The van der Waals surface area contributed by atoms with E-state index in [4.69, 9.17) is 4.42 Å². The van der Waals surface area contributed by atoms with Crippen molar-refractivity contribution in [2.24, 2.45) is 0 Å². The molecule has 1 aromatic heterocycles. The zero-order valence-electron chi connectivity index (χ0n) is 16.7. The lowest BCUT2D eigenvalue weighted by Crippen LogP contribution is -2.36. The molecule has 33 heavy (non-hydrogen) atoms. The zero-order valence-corrected chi connectivity index (χ0v) is 17.5. The number of furan rings is 1. The van der Waals surface area contributed by atoms with E-state index < -0.39 is 35.2 Å². The Labute approximate surface area is 190 Å².